The minimum Gasteiger partial charge on any atom is -0.480 e. The van der Waals surface area contributed by atoms with Crippen molar-refractivity contribution in [1.29, 1.82) is 0 Å². The van der Waals surface area contributed by atoms with E-state index in [2.05, 4.69) is 47.5 Å². The van der Waals surface area contributed by atoms with Crippen molar-refractivity contribution in [3.8, 4) is 0 Å². The number of carboxylic acids is 1. The Bertz CT molecular complexity index is 1880. The van der Waals surface area contributed by atoms with Gasteiger partial charge in [-0.05, 0) is 106 Å². The Morgan fingerprint density at radius 2 is 0.763 bits per heavy atom. The first-order chi connectivity index (χ1) is 35.4. The molecule has 0 saturated carbocycles. The number of carbonyl (C=O) groups excluding carboxylic acids is 8. The van der Waals surface area contributed by atoms with Gasteiger partial charge >= 0.3 is 5.97 Å². The molecule has 0 aliphatic rings. The van der Waals surface area contributed by atoms with E-state index in [9.17, 15) is 48.3 Å². The van der Waals surface area contributed by atoms with Gasteiger partial charge in [-0.2, -0.15) is 0 Å². The van der Waals surface area contributed by atoms with Crippen LogP contribution in [0.15, 0.2) is 4.99 Å². The SMILES string of the molecule is CCC(C)C(NC(=O)C(CCCN=C(N)N)NC(=O)C(N)CC(C)C)C(=O)NC(CC(C)C)C(=O)NC(CC(C)C)C(=O)NC(CC(C)C)C(=O)NC(C(=O)NC(CCCCN)C(=O)NC(C(=O)O)C(C)C)C(C)CC. The van der Waals surface area contributed by atoms with Gasteiger partial charge in [0, 0.05) is 6.54 Å². The molecule has 0 aromatic heterocycles. The average Bonchev–Trinajstić information content (AvgIpc) is 3.32. The number of aliphatic carboxylic acids is 1. The molecule has 23 heteroatoms. The molecule has 0 saturated heterocycles. The van der Waals surface area contributed by atoms with E-state index in [0.717, 1.165) is 0 Å². The van der Waals surface area contributed by atoms with Crippen LogP contribution in [-0.2, 0) is 43.2 Å². The fourth-order valence-electron chi connectivity index (χ4n) is 8.28. The summed E-state index contributed by atoms with van der Waals surface area (Å²) in [5.74, 6) is -8.22. The number of aliphatic imine (C=N–C) groups is 1. The Morgan fingerprint density at radius 1 is 0.434 bits per heavy atom. The van der Waals surface area contributed by atoms with Gasteiger partial charge in [0.05, 0.1) is 6.04 Å². The molecule has 0 aliphatic heterocycles. The molecule has 11 atom stereocenters. The summed E-state index contributed by atoms with van der Waals surface area (Å²) in [5.41, 5.74) is 22.8. The molecule has 0 aromatic carbocycles. The third-order valence-electron chi connectivity index (χ3n) is 13.1. The number of amides is 8. The molecule has 0 heterocycles. The van der Waals surface area contributed by atoms with Gasteiger partial charge < -0.3 is 70.6 Å². The number of unbranched alkanes of at least 4 members (excludes halogenated alkanes) is 1. The lowest BCUT2D eigenvalue weighted by Crippen LogP contribution is -2.61. The summed E-state index contributed by atoms with van der Waals surface area (Å²) in [6.07, 6.45) is 3.28. The molecule has 0 aliphatic carbocycles. The maximum atomic E-state index is 14.4. The van der Waals surface area contributed by atoms with Gasteiger partial charge in [-0.15, -0.1) is 0 Å². The predicted octanol–water partition coefficient (Wildman–Crippen LogP) is 1.39. The van der Waals surface area contributed by atoms with Crippen LogP contribution >= 0.6 is 0 Å². The predicted molar refractivity (Wildman–Crippen MR) is 295 cm³/mol. The second-order valence-corrected chi connectivity index (χ2v) is 22.5. The fraction of sp³-hybridized carbons (Fsp3) is 0.811. The summed E-state index contributed by atoms with van der Waals surface area (Å²) in [4.78, 5) is 128. The third kappa shape index (κ3) is 27.5. The molecule has 17 N–H and O–H groups in total. The number of guanidine groups is 1. The minimum absolute atomic E-state index is 0.108. The normalized spacial score (nSPS) is 15.9. The van der Waals surface area contributed by atoms with Crippen molar-refractivity contribution in [3.05, 3.63) is 0 Å². The Kier molecular flexibility index (Phi) is 33.8. The maximum Gasteiger partial charge on any atom is 0.326 e. The van der Waals surface area contributed by atoms with Crippen molar-refractivity contribution in [2.45, 2.75) is 222 Å². The molecule has 0 aromatic rings. The van der Waals surface area contributed by atoms with Crippen molar-refractivity contribution >= 4 is 59.2 Å². The Morgan fingerprint density at radius 3 is 1.11 bits per heavy atom. The van der Waals surface area contributed by atoms with E-state index in [1.165, 1.54) is 0 Å². The van der Waals surface area contributed by atoms with Crippen LogP contribution in [0.5, 0.6) is 0 Å². The Balaban J connectivity index is 6.79. The molecule has 438 valence electrons. The second kappa shape index (κ2) is 36.5. The highest BCUT2D eigenvalue weighted by atomic mass is 16.4. The first kappa shape index (κ1) is 70.4. The lowest BCUT2D eigenvalue weighted by atomic mass is 9.95. The van der Waals surface area contributed by atoms with E-state index < -0.39 is 125 Å². The van der Waals surface area contributed by atoms with Gasteiger partial charge in [-0.3, -0.25) is 43.3 Å². The minimum atomic E-state index is -1.23. The molecule has 8 amide bonds. The highest BCUT2D eigenvalue weighted by Gasteiger charge is 2.37. The largest absolute Gasteiger partial charge is 0.480 e. The lowest BCUT2D eigenvalue weighted by molar-refractivity contribution is -0.143. The Hall–Kier alpha value is -5.58. The molecular weight excluding hydrogens is 979 g/mol. The van der Waals surface area contributed by atoms with Crippen molar-refractivity contribution in [2.24, 2.45) is 69.4 Å². The second-order valence-electron chi connectivity index (χ2n) is 22.5. The lowest BCUT2D eigenvalue weighted by Gasteiger charge is -2.31. The standard InChI is InChI=1S/C53H101N13O10/c1-15-33(13)42(50(73)60-36(20-17-18-22-54)45(68)64-41(32(11)12)52(75)76)66-49(72)40(27-31(9)10)62-47(70)38(25-29(5)6)61-48(71)39(26-30(7)8)63-51(74)43(34(14)16-2)65-46(69)37(21-19-23-58-53(56)57)59-44(67)35(55)24-28(3)4/h28-43H,15-27,54-55H2,1-14H3,(H,59,67)(H,60,73)(H,61,71)(H,62,70)(H,63,74)(H,64,68)(H,65,69)(H,66,72)(H,75,76)(H4,56,57,58). The number of hydrogen-bond acceptors (Lipinski definition) is 12. The maximum absolute atomic E-state index is 14.4. The fourth-order valence-corrected chi connectivity index (χ4v) is 8.28. The van der Waals surface area contributed by atoms with Crippen LogP contribution in [-0.4, -0.2) is 132 Å². The zero-order valence-electron chi connectivity index (χ0n) is 48.3. The monoisotopic (exact) mass is 1080 g/mol. The topological polar surface area (TPSA) is 387 Å². The van der Waals surface area contributed by atoms with Crippen LogP contribution in [0.1, 0.15) is 168 Å². The number of nitrogens with one attached hydrogen (secondary N) is 8. The van der Waals surface area contributed by atoms with Gasteiger partial charge in [0.15, 0.2) is 5.96 Å². The number of nitrogens with zero attached hydrogens (tertiary/aromatic N) is 1. The number of carboxylic acid groups (broad SMARTS) is 1. The number of carbonyl (C=O) groups is 9. The van der Waals surface area contributed by atoms with E-state index in [4.69, 9.17) is 22.9 Å². The quantitative estimate of drug-likeness (QED) is 0.0236. The molecule has 11 unspecified atom stereocenters. The summed E-state index contributed by atoms with van der Waals surface area (Å²) in [5, 5.41) is 31.8. The first-order valence-corrected chi connectivity index (χ1v) is 27.6. The summed E-state index contributed by atoms with van der Waals surface area (Å²) in [6, 6.07) is -10.2. The van der Waals surface area contributed by atoms with Crippen molar-refractivity contribution in [3.63, 3.8) is 0 Å². The molecule has 0 rings (SSSR count). The zero-order chi connectivity index (χ0) is 58.6. The van der Waals surface area contributed by atoms with E-state index in [-0.39, 0.29) is 68.3 Å². The zero-order valence-corrected chi connectivity index (χ0v) is 48.3. The molecule has 0 bridgehead atoms. The van der Waals surface area contributed by atoms with E-state index in [1.807, 2.05) is 69.2 Å². The molecule has 23 nitrogen and oxygen atoms in total. The van der Waals surface area contributed by atoms with Crippen molar-refractivity contribution in [1.82, 2.24) is 42.5 Å². The first-order valence-electron chi connectivity index (χ1n) is 27.6. The smallest absolute Gasteiger partial charge is 0.326 e. The van der Waals surface area contributed by atoms with Crippen LogP contribution in [0, 0.1) is 41.4 Å². The van der Waals surface area contributed by atoms with E-state index in [0.29, 0.717) is 45.1 Å². The molecule has 0 fully saturated rings. The van der Waals surface area contributed by atoms with Crippen LogP contribution < -0.4 is 65.5 Å². The van der Waals surface area contributed by atoms with Crippen LogP contribution in [0.25, 0.3) is 0 Å². The third-order valence-corrected chi connectivity index (χ3v) is 13.1. The van der Waals surface area contributed by atoms with Crippen molar-refractivity contribution in [2.75, 3.05) is 13.1 Å². The average molecular weight is 1080 g/mol. The summed E-state index contributed by atoms with van der Waals surface area (Å²) >= 11 is 0. The van der Waals surface area contributed by atoms with E-state index >= 15 is 0 Å². The van der Waals surface area contributed by atoms with Crippen LogP contribution in [0.4, 0.5) is 0 Å². The summed E-state index contributed by atoms with van der Waals surface area (Å²) in [6.45, 7) is 26.0. The summed E-state index contributed by atoms with van der Waals surface area (Å²) in [7, 11) is 0. The van der Waals surface area contributed by atoms with Gasteiger partial charge in [-0.25, -0.2) is 4.79 Å². The van der Waals surface area contributed by atoms with Gasteiger partial charge in [0.2, 0.25) is 47.3 Å². The highest BCUT2D eigenvalue weighted by molar-refractivity contribution is 5.98. The molecule has 0 spiro atoms. The van der Waals surface area contributed by atoms with Gasteiger partial charge in [-0.1, -0.05) is 110 Å². The molecule has 0 radical (unpaired) electrons. The molecular formula is C53H101N13O10. The van der Waals surface area contributed by atoms with E-state index in [1.54, 1.807) is 27.7 Å². The number of hydrogen-bond donors (Lipinski definition) is 13. The van der Waals surface area contributed by atoms with Gasteiger partial charge in [0.25, 0.3) is 0 Å². The molecule has 76 heavy (non-hydrogen) atoms. The Labute approximate surface area is 453 Å². The van der Waals surface area contributed by atoms with Crippen LogP contribution in [0.2, 0.25) is 0 Å². The van der Waals surface area contributed by atoms with Crippen molar-refractivity contribution < 1.29 is 48.3 Å². The summed E-state index contributed by atoms with van der Waals surface area (Å²) < 4.78 is 0. The highest BCUT2D eigenvalue weighted by Crippen LogP contribution is 2.17. The van der Waals surface area contributed by atoms with Gasteiger partial charge in [0.1, 0.15) is 48.3 Å². The number of nitrogens with two attached hydrogens (primary N) is 4. The van der Waals surface area contributed by atoms with Crippen LogP contribution in [0.3, 0.4) is 0 Å². The number of rotatable bonds is 38.